The molecule has 2 aliphatic rings. The number of carbonyl (C=O) groups excluding carboxylic acids is 1. The quantitative estimate of drug-likeness (QED) is 0.0861. The van der Waals surface area contributed by atoms with Gasteiger partial charge in [0.2, 0.25) is 11.7 Å². The van der Waals surface area contributed by atoms with Gasteiger partial charge in [-0.1, -0.05) is 102 Å². The van der Waals surface area contributed by atoms with Gasteiger partial charge in [0.05, 0.1) is 19.2 Å². The van der Waals surface area contributed by atoms with Gasteiger partial charge in [0.15, 0.2) is 0 Å². The van der Waals surface area contributed by atoms with E-state index in [1.807, 2.05) is 84.3 Å². The van der Waals surface area contributed by atoms with Gasteiger partial charge in [-0.2, -0.15) is 4.80 Å². The van der Waals surface area contributed by atoms with E-state index in [0.29, 0.717) is 49.4 Å². The minimum absolute atomic E-state index is 0.0379. The molecule has 2 fully saturated rings. The minimum atomic E-state index is -0.622. The number of anilines is 1. The predicted molar refractivity (Wildman–Crippen MR) is 232 cm³/mol. The van der Waals surface area contributed by atoms with E-state index in [9.17, 15) is 10.1 Å². The summed E-state index contributed by atoms with van der Waals surface area (Å²) < 4.78 is 0. The first-order valence-electron chi connectivity index (χ1n) is 20.4. The van der Waals surface area contributed by atoms with E-state index < -0.39 is 5.54 Å². The lowest BCUT2D eigenvalue weighted by Gasteiger charge is -2.29. The number of allylic oxidation sites excluding steroid dienone is 1. The Hall–Kier alpha value is -6.01. The highest BCUT2D eigenvalue weighted by Crippen LogP contribution is 2.31. The molecule has 0 bridgehead atoms. The molecule has 4 aromatic carbocycles. The van der Waals surface area contributed by atoms with E-state index in [1.54, 1.807) is 4.80 Å². The zero-order valence-electron chi connectivity index (χ0n) is 34.4. The molecule has 11 nitrogen and oxygen atoms in total. The second-order valence-corrected chi connectivity index (χ2v) is 16.6. The molecule has 1 amide bonds. The molecule has 0 saturated carbocycles. The molecule has 0 aliphatic carbocycles. The molecular formula is C47H51ClN10O. The van der Waals surface area contributed by atoms with Crippen LogP contribution in [0.1, 0.15) is 72.9 Å². The third kappa shape index (κ3) is 9.66. The number of aryl methyl sites for hydroxylation is 2. The van der Waals surface area contributed by atoms with E-state index >= 15 is 0 Å². The van der Waals surface area contributed by atoms with Crippen LogP contribution in [0.15, 0.2) is 103 Å². The van der Waals surface area contributed by atoms with E-state index in [0.717, 1.165) is 47.6 Å². The predicted octanol–water partition coefficient (Wildman–Crippen LogP) is 8.73. The number of rotatable bonds is 13. The van der Waals surface area contributed by atoms with Gasteiger partial charge in [-0.3, -0.25) is 9.69 Å². The molecule has 1 aromatic heterocycles. The van der Waals surface area contributed by atoms with Crippen LogP contribution < -0.4 is 4.90 Å². The van der Waals surface area contributed by atoms with Gasteiger partial charge in [-0.25, -0.2) is 10.1 Å². The molecule has 7 rings (SSSR count). The molecule has 0 N–H and O–H groups in total. The first-order chi connectivity index (χ1) is 28.5. The Bertz CT molecular complexity index is 2360. The summed E-state index contributed by atoms with van der Waals surface area (Å²) in [6, 6.07) is 32.5. The molecule has 2 saturated heterocycles. The highest BCUT2D eigenvalue weighted by atomic mass is 35.5. The fraction of sp³-hybridized carbons (Fsp3) is 0.362. The van der Waals surface area contributed by atoms with Crippen molar-refractivity contribution in [2.45, 2.75) is 78.6 Å². The van der Waals surface area contributed by atoms with Crippen LogP contribution in [0.5, 0.6) is 0 Å². The second-order valence-electron chi connectivity index (χ2n) is 16.2. The highest BCUT2D eigenvalue weighted by Gasteiger charge is 2.31. The minimum Gasteiger partial charge on any atom is -0.364 e. The first kappa shape index (κ1) is 41.2. The van der Waals surface area contributed by atoms with E-state index in [2.05, 4.69) is 75.2 Å². The number of aromatic nitrogens is 4. The lowest BCUT2D eigenvalue weighted by atomic mass is 9.95. The number of piperidine rings is 1. The van der Waals surface area contributed by atoms with Gasteiger partial charge in [0.25, 0.3) is 0 Å². The Morgan fingerprint density at radius 3 is 2.31 bits per heavy atom. The number of nitrogens with zero attached hydrogens (tertiary/aromatic N) is 10. The van der Waals surface area contributed by atoms with Crippen molar-refractivity contribution in [1.29, 1.82) is 5.26 Å². The summed E-state index contributed by atoms with van der Waals surface area (Å²) in [4.78, 5) is 28.2. The molecule has 0 radical (unpaired) electrons. The number of benzene rings is 4. The number of hydrogen-bond acceptors (Lipinski definition) is 8. The Morgan fingerprint density at radius 1 is 0.864 bits per heavy atom. The van der Waals surface area contributed by atoms with Crippen LogP contribution in [0.25, 0.3) is 16.2 Å². The van der Waals surface area contributed by atoms with Crippen molar-refractivity contribution in [3.05, 3.63) is 152 Å². The van der Waals surface area contributed by atoms with E-state index in [1.165, 1.54) is 36.0 Å². The Balaban J connectivity index is 1.11. The molecule has 59 heavy (non-hydrogen) atoms. The highest BCUT2D eigenvalue weighted by molar-refractivity contribution is 6.31. The zero-order chi connectivity index (χ0) is 41.5. The Labute approximate surface area is 352 Å². The van der Waals surface area contributed by atoms with Crippen LogP contribution in [0.4, 0.5) is 5.69 Å². The number of halogens is 1. The Morgan fingerprint density at radius 2 is 1.59 bits per heavy atom. The standard InChI is InChI=1S/C47H51ClN10O/c1-34-26-35(2)28-38(27-34)32-56-25-24-55(46(56)43(30-49)50-5)23-20-44(59)57(40-13-11-12-37(29-40)31-54-21-9-6-10-22-54)33-36-16-18-39(19-17-36)45-51-53-58(52-45)47(3,4)41-14-7-8-15-42(41)48/h7-8,11-19,26-29H,6,9-10,20-25,31-33H2,1-4H3/b46-43+. The fourth-order valence-corrected chi connectivity index (χ4v) is 8.66. The molecule has 12 heteroatoms. The topological polar surface area (TPSA) is 102 Å². The number of nitriles is 1. The normalized spacial score (nSPS) is 15.5. The van der Waals surface area contributed by atoms with Gasteiger partial charge < -0.3 is 14.7 Å². The summed E-state index contributed by atoms with van der Waals surface area (Å²) in [5.74, 6) is 1.05. The summed E-state index contributed by atoms with van der Waals surface area (Å²) in [6.07, 6.45) is 3.90. The van der Waals surface area contributed by atoms with Gasteiger partial charge in [0.1, 0.15) is 11.4 Å². The van der Waals surface area contributed by atoms with Gasteiger partial charge in [0, 0.05) is 55.4 Å². The fourth-order valence-electron chi connectivity index (χ4n) is 8.29. The molecule has 302 valence electrons. The average Bonchev–Trinajstić information content (AvgIpc) is 3.89. The van der Waals surface area contributed by atoms with Crippen LogP contribution in [0.3, 0.4) is 0 Å². The molecule has 5 aromatic rings. The van der Waals surface area contributed by atoms with Crippen LogP contribution in [-0.4, -0.2) is 73.5 Å². The second kappa shape index (κ2) is 18.3. The lowest BCUT2D eigenvalue weighted by molar-refractivity contribution is -0.119. The monoisotopic (exact) mass is 806 g/mol. The van der Waals surface area contributed by atoms with Gasteiger partial charge in [-0.05, 0) is 99.3 Å². The molecule has 2 aliphatic heterocycles. The summed E-state index contributed by atoms with van der Waals surface area (Å²) in [7, 11) is 0. The van der Waals surface area contributed by atoms with Crippen LogP contribution in [0.2, 0.25) is 5.02 Å². The van der Waals surface area contributed by atoms with Crippen molar-refractivity contribution < 1.29 is 4.79 Å². The number of likely N-dealkylation sites (tertiary alicyclic amines) is 1. The first-order valence-corrected chi connectivity index (χ1v) is 20.8. The molecule has 0 spiro atoms. The van der Waals surface area contributed by atoms with Gasteiger partial charge in [-0.15, -0.1) is 10.2 Å². The SMILES string of the molecule is [C-]#[N+]/C(C#N)=C1\N(CCC(=O)N(Cc2ccc(-c3nnn(C(C)(C)c4ccccc4Cl)n3)cc2)c2cccc(CN3CCCCC3)c2)CCN1Cc1cc(C)cc(C)c1. The van der Waals surface area contributed by atoms with Crippen LogP contribution in [-0.2, 0) is 30.0 Å². The molecule has 0 atom stereocenters. The Kier molecular flexibility index (Phi) is 12.8. The summed E-state index contributed by atoms with van der Waals surface area (Å²) >= 11 is 6.54. The van der Waals surface area contributed by atoms with Crippen molar-refractivity contribution >= 4 is 23.2 Å². The molecular weight excluding hydrogens is 756 g/mol. The number of amides is 1. The van der Waals surface area contributed by atoms with E-state index in [4.69, 9.17) is 23.3 Å². The van der Waals surface area contributed by atoms with Crippen molar-refractivity contribution in [2.24, 2.45) is 0 Å². The molecule has 3 heterocycles. The zero-order valence-corrected chi connectivity index (χ0v) is 35.2. The van der Waals surface area contributed by atoms with E-state index in [-0.39, 0.29) is 18.0 Å². The number of hydrogen-bond donors (Lipinski definition) is 0. The largest absolute Gasteiger partial charge is 0.364 e. The summed E-state index contributed by atoms with van der Waals surface area (Å²) in [5.41, 5.74) is 7.57. The average molecular weight is 807 g/mol. The maximum absolute atomic E-state index is 14.5. The van der Waals surface area contributed by atoms with Crippen LogP contribution >= 0.6 is 11.6 Å². The third-order valence-corrected chi connectivity index (χ3v) is 11.6. The molecule has 0 unspecified atom stereocenters. The van der Waals surface area contributed by atoms with Crippen molar-refractivity contribution in [1.82, 2.24) is 34.9 Å². The number of tetrazole rings is 1. The third-order valence-electron chi connectivity index (χ3n) is 11.3. The number of carbonyl (C=O) groups is 1. The van der Waals surface area contributed by atoms with Crippen molar-refractivity contribution in [2.75, 3.05) is 37.6 Å². The summed E-state index contributed by atoms with van der Waals surface area (Å²) in [6.45, 7) is 21.6. The maximum Gasteiger partial charge on any atom is 0.300 e. The van der Waals surface area contributed by atoms with Gasteiger partial charge >= 0.3 is 5.70 Å². The lowest BCUT2D eigenvalue weighted by Crippen LogP contribution is -2.34. The smallest absolute Gasteiger partial charge is 0.300 e. The van der Waals surface area contributed by atoms with Crippen LogP contribution in [0, 0.1) is 31.8 Å². The van der Waals surface area contributed by atoms with Crippen molar-refractivity contribution in [3.8, 4) is 17.5 Å². The van der Waals surface area contributed by atoms with Crippen molar-refractivity contribution in [3.63, 3.8) is 0 Å². The summed E-state index contributed by atoms with van der Waals surface area (Å²) in [5, 5.41) is 24.2. The maximum atomic E-state index is 14.5.